The van der Waals surface area contributed by atoms with Gasteiger partial charge in [0.15, 0.2) is 0 Å². The maximum atomic E-state index is 12.7. The van der Waals surface area contributed by atoms with Crippen molar-refractivity contribution < 1.29 is 13.2 Å². The molecular formula is C22H24N4O4S. The number of nitrogens with zero attached hydrogens (tertiary/aromatic N) is 3. The summed E-state index contributed by atoms with van der Waals surface area (Å²) in [6.07, 6.45) is 1.78. The SMILES string of the molecule is Cc1nc2ccccc2c(=O)n1CC(=O)NCc1ccc(S(=O)(=O)N2CCCC2)cc1. The molecule has 1 aromatic heterocycles. The molecule has 0 aliphatic carbocycles. The molecule has 8 nitrogen and oxygen atoms in total. The van der Waals surface area contributed by atoms with Gasteiger partial charge in [0.2, 0.25) is 15.9 Å². The molecule has 2 heterocycles. The first kappa shape index (κ1) is 21.2. The van der Waals surface area contributed by atoms with E-state index in [2.05, 4.69) is 10.3 Å². The summed E-state index contributed by atoms with van der Waals surface area (Å²) in [5, 5.41) is 3.25. The number of benzene rings is 2. The second-order valence-electron chi connectivity index (χ2n) is 7.60. The highest BCUT2D eigenvalue weighted by molar-refractivity contribution is 7.89. The summed E-state index contributed by atoms with van der Waals surface area (Å²) >= 11 is 0. The van der Waals surface area contributed by atoms with E-state index in [0.29, 0.717) is 29.8 Å². The summed E-state index contributed by atoms with van der Waals surface area (Å²) in [5.74, 6) is 0.145. The molecule has 1 aliphatic heterocycles. The van der Waals surface area contributed by atoms with E-state index in [-0.39, 0.29) is 29.5 Å². The van der Waals surface area contributed by atoms with Crippen LogP contribution in [0.5, 0.6) is 0 Å². The Morgan fingerprint density at radius 2 is 1.74 bits per heavy atom. The van der Waals surface area contributed by atoms with E-state index in [1.165, 1.54) is 8.87 Å². The average molecular weight is 441 g/mol. The summed E-state index contributed by atoms with van der Waals surface area (Å²) in [6, 6.07) is 13.5. The fourth-order valence-electron chi connectivity index (χ4n) is 3.72. The number of sulfonamides is 1. The molecule has 2 aromatic carbocycles. The van der Waals surface area contributed by atoms with E-state index in [9.17, 15) is 18.0 Å². The number of aromatic nitrogens is 2. The minimum absolute atomic E-state index is 0.135. The predicted octanol–water partition coefficient (Wildman–Crippen LogP) is 1.81. The number of hydrogen-bond acceptors (Lipinski definition) is 5. The molecule has 0 saturated carbocycles. The van der Waals surface area contributed by atoms with Crippen LogP contribution in [-0.4, -0.2) is 41.3 Å². The third-order valence-electron chi connectivity index (χ3n) is 5.47. The van der Waals surface area contributed by atoms with Crippen molar-refractivity contribution in [2.75, 3.05) is 13.1 Å². The van der Waals surface area contributed by atoms with Crippen LogP contribution in [0.2, 0.25) is 0 Å². The van der Waals surface area contributed by atoms with Crippen LogP contribution in [0.4, 0.5) is 0 Å². The topological polar surface area (TPSA) is 101 Å². The lowest BCUT2D eigenvalue weighted by atomic mass is 10.2. The minimum Gasteiger partial charge on any atom is -0.350 e. The van der Waals surface area contributed by atoms with Gasteiger partial charge in [0.05, 0.1) is 15.8 Å². The van der Waals surface area contributed by atoms with E-state index >= 15 is 0 Å². The molecule has 0 atom stereocenters. The minimum atomic E-state index is -3.45. The lowest BCUT2D eigenvalue weighted by molar-refractivity contribution is -0.121. The Hall–Kier alpha value is -3.04. The molecule has 162 valence electrons. The molecule has 1 N–H and O–H groups in total. The molecular weight excluding hydrogens is 416 g/mol. The van der Waals surface area contributed by atoms with Gasteiger partial charge in [-0.2, -0.15) is 4.31 Å². The van der Waals surface area contributed by atoms with E-state index < -0.39 is 10.0 Å². The standard InChI is InChI=1S/C22H24N4O4S/c1-16-24-20-7-3-2-6-19(20)22(28)26(16)15-21(27)23-14-17-8-10-18(11-9-17)31(29,30)25-12-4-5-13-25/h2-3,6-11H,4-5,12-15H2,1H3,(H,23,27). The van der Waals surface area contributed by atoms with Gasteiger partial charge >= 0.3 is 0 Å². The van der Waals surface area contributed by atoms with Gasteiger partial charge in [-0.25, -0.2) is 13.4 Å². The van der Waals surface area contributed by atoms with E-state index in [1.54, 1.807) is 49.4 Å². The summed E-state index contributed by atoms with van der Waals surface area (Å²) in [5.41, 5.74) is 1.12. The molecule has 1 fully saturated rings. The monoisotopic (exact) mass is 440 g/mol. The molecule has 0 radical (unpaired) electrons. The Morgan fingerprint density at radius 3 is 2.45 bits per heavy atom. The van der Waals surface area contributed by atoms with Gasteiger partial charge in [0.25, 0.3) is 5.56 Å². The van der Waals surface area contributed by atoms with Crippen LogP contribution >= 0.6 is 0 Å². The van der Waals surface area contributed by atoms with Crippen LogP contribution in [0.1, 0.15) is 24.2 Å². The Morgan fingerprint density at radius 1 is 1.06 bits per heavy atom. The molecule has 0 bridgehead atoms. The summed E-state index contributed by atoms with van der Waals surface area (Å²) < 4.78 is 28.0. The van der Waals surface area contributed by atoms with Crippen LogP contribution < -0.4 is 10.9 Å². The smallest absolute Gasteiger partial charge is 0.261 e. The fourth-order valence-corrected chi connectivity index (χ4v) is 5.24. The van der Waals surface area contributed by atoms with Crippen molar-refractivity contribution in [1.29, 1.82) is 0 Å². The lowest BCUT2D eigenvalue weighted by Crippen LogP contribution is -2.33. The molecule has 1 saturated heterocycles. The molecule has 4 rings (SSSR count). The maximum absolute atomic E-state index is 12.7. The third kappa shape index (κ3) is 4.38. The fraction of sp³-hybridized carbons (Fsp3) is 0.318. The Bertz CT molecular complexity index is 1280. The normalized spacial score (nSPS) is 14.7. The highest BCUT2D eigenvalue weighted by Gasteiger charge is 2.26. The molecule has 1 amide bonds. The Labute approximate surface area is 180 Å². The van der Waals surface area contributed by atoms with Crippen molar-refractivity contribution >= 4 is 26.8 Å². The van der Waals surface area contributed by atoms with Gasteiger partial charge in [0, 0.05) is 19.6 Å². The van der Waals surface area contributed by atoms with Crippen LogP contribution in [-0.2, 0) is 27.9 Å². The largest absolute Gasteiger partial charge is 0.350 e. The number of carbonyl (C=O) groups excluding carboxylic acids is 1. The van der Waals surface area contributed by atoms with Crippen LogP contribution in [0, 0.1) is 6.92 Å². The number of rotatable bonds is 6. The molecule has 0 unspecified atom stereocenters. The summed E-state index contributed by atoms with van der Waals surface area (Å²) in [6.45, 7) is 2.91. The number of para-hydroxylation sites is 1. The van der Waals surface area contributed by atoms with Crippen LogP contribution in [0.15, 0.2) is 58.2 Å². The average Bonchev–Trinajstić information content (AvgIpc) is 3.31. The van der Waals surface area contributed by atoms with Crippen molar-refractivity contribution in [1.82, 2.24) is 19.2 Å². The van der Waals surface area contributed by atoms with Crippen molar-refractivity contribution in [3.05, 3.63) is 70.3 Å². The van der Waals surface area contributed by atoms with Gasteiger partial charge < -0.3 is 5.32 Å². The maximum Gasteiger partial charge on any atom is 0.261 e. The summed E-state index contributed by atoms with van der Waals surface area (Å²) in [7, 11) is -3.45. The zero-order valence-electron chi connectivity index (χ0n) is 17.2. The number of fused-ring (bicyclic) bond motifs is 1. The van der Waals surface area contributed by atoms with Gasteiger partial charge in [-0.3, -0.25) is 14.2 Å². The van der Waals surface area contributed by atoms with Crippen molar-refractivity contribution in [3.63, 3.8) is 0 Å². The quantitative estimate of drug-likeness (QED) is 0.630. The first-order chi connectivity index (χ1) is 14.9. The number of aryl methyl sites for hydroxylation is 1. The van der Waals surface area contributed by atoms with E-state index in [4.69, 9.17) is 0 Å². The number of amides is 1. The number of hydrogen-bond donors (Lipinski definition) is 1. The van der Waals surface area contributed by atoms with Crippen molar-refractivity contribution in [3.8, 4) is 0 Å². The second-order valence-corrected chi connectivity index (χ2v) is 9.54. The van der Waals surface area contributed by atoms with E-state index in [0.717, 1.165) is 18.4 Å². The first-order valence-corrected chi connectivity index (χ1v) is 11.6. The van der Waals surface area contributed by atoms with E-state index in [1.807, 2.05) is 6.07 Å². The van der Waals surface area contributed by atoms with Crippen LogP contribution in [0.3, 0.4) is 0 Å². The van der Waals surface area contributed by atoms with Crippen molar-refractivity contribution in [2.45, 2.75) is 37.8 Å². The zero-order valence-corrected chi connectivity index (χ0v) is 18.1. The molecule has 9 heteroatoms. The lowest BCUT2D eigenvalue weighted by Gasteiger charge is -2.15. The summed E-state index contributed by atoms with van der Waals surface area (Å²) in [4.78, 5) is 29.8. The van der Waals surface area contributed by atoms with Gasteiger partial charge in [0.1, 0.15) is 12.4 Å². The van der Waals surface area contributed by atoms with Gasteiger partial charge in [-0.1, -0.05) is 24.3 Å². The highest BCUT2D eigenvalue weighted by atomic mass is 32.2. The van der Waals surface area contributed by atoms with Crippen LogP contribution in [0.25, 0.3) is 10.9 Å². The van der Waals surface area contributed by atoms with Crippen molar-refractivity contribution in [2.24, 2.45) is 0 Å². The highest BCUT2D eigenvalue weighted by Crippen LogP contribution is 2.21. The molecule has 31 heavy (non-hydrogen) atoms. The van der Waals surface area contributed by atoms with Gasteiger partial charge in [-0.15, -0.1) is 0 Å². The predicted molar refractivity (Wildman–Crippen MR) is 117 cm³/mol. The Kier molecular flexibility index (Phi) is 5.88. The molecule has 0 spiro atoms. The number of carbonyl (C=O) groups is 1. The van der Waals surface area contributed by atoms with Gasteiger partial charge in [-0.05, 0) is 49.6 Å². The Balaban J connectivity index is 1.41. The zero-order chi connectivity index (χ0) is 22.0. The molecule has 3 aromatic rings. The second kappa shape index (κ2) is 8.60. The third-order valence-corrected chi connectivity index (χ3v) is 7.38. The number of nitrogens with one attached hydrogen (secondary N) is 1. The molecule has 1 aliphatic rings. The first-order valence-electron chi connectivity index (χ1n) is 10.2.